The maximum atomic E-state index is 16.7. The quantitative estimate of drug-likeness (QED) is 0.307. The van der Waals surface area contributed by atoms with Crippen molar-refractivity contribution in [1.29, 1.82) is 0 Å². The Labute approximate surface area is 265 Å². The number of carbonyl (C=O) groups is 1. The summed E-state index contributed by atoms with van der Waals surface area (Å²) in [6.07, 6.45) is 5.82. The highest BCUT2D eigenvalue weighted by atomic mass is 35.5. The average molecular weight is 632 g/mol. The van der Waals surface area contributed by atoms with Crippen LogP contribution in [0.1, 0.15) is 32.1 Å². The number of carbonyl (C=O) groups excluding carboxylic acids is 1. The fourth-order valence-corrected chi connectivity index (χ4v) is 8.22. The van der Waals surface area contributed by atoms with Crippen LogP contribution in [0.5, 0.6) is 6.01 Å². The van der Waals surface area contributed by atoms with E-state index in [2.05, 4.69) is 30.4 Å². The van der Waals surface area contributed by atoms with E-state index in [0.29, 0.717) is 53.4 Å². The zero-order valence-corrected chi connectivity index (χ0v) is 25.8. The molecule has 0 unspecified atom stereocenters. The number of fused-ring (bicyclic) bond motifs is 5. The number of piperazine rings is 1. The Balaban J connectivity index is 1.19. The van der Waals surface area contributed by atoms with Gasteiger partial charge in [-0.1, -0.05) is 41.9 Å². The third-order valence-corrected chi connectivity index (χ3v) is 10.3. The standard InChI is InChI=1S/C33H35ClFN7O3/c1-36-32(43)45-22-13-33(11-4-12-42(33)17-22)18-44-31-39-29-24(30(40-31)41-15-20-9-10-21(16-41)38-20)14-37-28(27(29)35)23-7-2-5-19-6-3-8-25(34)26(19)23/h2-3,5-8,14,20-22,38H,4,9-13,15-18H2,1H3,(H,36,43)/t20-,21+,22-,33+/m0/s1. The molecule has 0 aliphatic carbocycles. The van der Waals surface area contributed by atoms with Crippen molar-refractivity contribution >= 4 is 45.2 Å². The van der Waals surface area contributed by atoms with Gasteiger partial charge < -0.3 is 25.0 Å². The Morgan fingerprint density at radius 1 is 1.16 bits per heavy atom. The van der Waals surface area contributed by atoms with E-state index >= 15 is 4.39 Å². The minimum atomic E-state index is -0.535. The Morgan fingerprint density at radius 3 is 2.76 bits per heavy atom. The molecule has 10 nitrogen and oxygen atoms in total. The van der Waals surface area contributed by atoms with Crippen molar-refractivity contribution < 1.29 is 18.7 Å². The monoisotopic (exact) mass is 631 g/mol. The van der Waals surface area contributed by atoms with Gasteiger partial charge in [0.2, 0.25) is 0 Å². The number of ether oxygens (including phenoxy) is 2. The lowest BCUT2D eigenvalue weighted by Gasteiger charge is -2.34. The second kappa shape index (κ2) is 11.2. The molecule has 6 heterocycles. The topological polar surface area (TPSA) is 105 Å². The molecule has 4 saturated heterocycles. The van der Waals surface area contributed by atoms with E-state index in [1.165, 1.54) is 0 Å². The molecule has 0 radical (unpaired) electrons. The summed E-state index contributed by atoms with van der Waals surface area (Å²) in [4.78, 5) is 30.7. The first-order valence-electron chi connectivity index (χ1n) is 15.7. The Kier molecular flexibility index (Phi) is 7.15. The van der Waals surface area contributed by atoms with Gasteiger partial charge in [0.1, 0.15) is 29.7 Å². The molecule has 45 heavy (non-hydrogen) atoms. The van der Waals surface area contributed by atoms with Gasteiger partial charge >= 0.3 is 12.1 Å². The van der Waals surface area contributed by atoms with Crippen LogP contribution in [0.3, 0.4) is 0 Å². The van der Waals surface area contributed by atoms with E-state index in [4.69, 9.17) is 26.1 Å². The van der Waals surface area contributed by atoms with Crippen LogP contribution < -0.4 is 20.3 Å². The number of nitrogens with one attached hydrogen (secondary N) is 2. The van der Waals surface area contributed by atoms with Crippen molar-refractivity contribution in [3.05, 3.63) is 53.4 Å². The van der Waals surface area contributed by atoms with E-state index in [9.17, 15) is 4.79 Å². The molecule has 4 aromatic rings. The number of rotatable bonds is 6. The van der Waals surface area contributed by atoms with Gasteiger partial charge in [-0.3, -0.25) is 9.88 Å². The summed E-state index contributed by atoms with van der Waals surface area (Å²) in [5.41, 5.74) is 0.659. The lowest BCUT2D eigenvalue weighted by Crippen LogP contribution is -2.51. The largest absolute Gasteiger partial charge is 0.461 e. The number of pyridine rings is 1. The Bertz CT molecular complexity index is 1790. The van der Waals surface area contributed by atoms with E-state index in [1.54, 1.807) is 19.3 Å². The van der Waals surface area contributed by atoms with E-state index in [1.807, 2.05) is 30.3 Å². The maximum absolute atomic E-state index is 16.7. The second-order valence-corrected chi connectivity index (χ2v) is 13.2. The first-order valence-corrected chi connectivity index (χ1v) is 16.1. The summed E-state index contributed by atoms with van der Waals surface area (Å²) in [7, 11) is 1.56. The molecule has 2 aromatic heterocycles. The van der Waals surface area contributed by atoms with Gasteiger partial charge in [-0.15, -0.1) is 0 Å². The molecular formula is C33H35ClFN7O3. The van der Waals surface area contributed by atoms with E-state index in [-0.39, 0.29) is 28.9 Å². The number of aromatic nitrogens is 3. The van der Waals surface area contributed by atoms with Crippen LogP contribution in [0.4, 0.5) is 15.0 Å². The van der Waals surface area contributed by atoms with Crippen LogP contribution in [0.15, 0.2) is 42.6 Å². The lowest BCUT2D eigenvalue weighted by molar-refractivity contribution is 0.0978. The second-order valence-electron chi connectivity index (χ2n) is 12.7. The van der Waals surface area contributed by atoms with Gasteiger partial charge in [-0.05, 0) is 43.7 Å². The van der Waals surface area contributed by atoms with Crippen molar-refractivity contribution in [2.45, 2.75) is 55.8 Å². The van der Waals surface area contributed by atoms with Gasteiger partial charge in [0.05, 0.1) is 10.9 Å². The molecule has 4 fully saturated rings. The third-order valence-electron chi connectivity index (χ3n) is 9.99. The van der Waals surface area contributed by atoms with Gasteiger partial charge in [-0.25, -0.2) is 9.18 Å². The Hall–Kier alpha value is -3.80. The molecule has 0 spiro atoms. The van der Waals surface area contributed by atoms with E-state index in [0.717, 1.165) is 56.1 Å². The number of amides is 1. The normalized spacial score (nSPS) is 26.0. The van der Waals surface area contributed by atoms with Crippen molar-refractivity contribution in [2.75, 3.05) is 44.7 Å². The van der Waals surface area contributed by atoms with Gasteiger partial charge in [0.15, 0.2) is 5.82 Å². The predicted molar refractivity (Wildman–Crippen MR) is 170 cm³/mol. The molecule has 8 rings (SSSR count). The summed E-state index contributed by atoms with van der Waals surface area (Å²) in [5.74, 6) is 0.0995. The summed E-state index contributed by atoms with van der Waals surface area (Å²) >= 11 is 6.62. The molecule has 12 heteroatoms. The van der Waals surface area contributed by atoms with Crippen LogP contribution in [-0.2, 0) is 4.74 Å². The van der Waals surface area contributed by atoms with Crippen molar-refractivity contribution in [3.63, 3.8) is 0 Å². The molecule has 1 amide bonds. The highest BCUT2D eigenvalue weighted by Gasteiger charge is 2.50. The number of hydrogen-bond donors (Lipinski definition) is 2. The smallest absolute Gasteiger partial charge is 0.407 e. The van der Waals surface area contributed by atoms with Crippen molar-refractivity contribution in [3.8, 4) is 17.3 Å². The summed E-state index contributed by atoms with van der Waals surface area (Å²) < 4.78 is 28.7. The molecular weight excluding hydrogens is 597 g/mol. The lowest BCUT2D eigenvalue weighted by atomic mass is 9.94. The minimum Gasteiger partial charge on any atom is -0.461 e. The number of nitrogens with zero attached hydrogens (tertiary/aromatic N) is 5. The predicted octanol–water partition coefficient (Wildman–Crippen LogP) is 4.92. The van der Waals surface area contributed by atoms with Gasteiger partial charge in [0.25, 0.3) is 0 Å². The van der Waals surface area contributed by atoms with Crippen LogP contribution in [0.2, 0.25) is 5.02 Å². The molecule has 4 aliphatic heterocycles. The van der Waals surface area contributed by atoms with E-state index < -0.39 is 11.9 Å². The van der Waals surface area contributed by atoms with Gasteiger partial charge in [-0.2, -0.15) is 9.97 Å². The van der Waals surface area contributed by atoms with Crippen molar-refractivity contribution in [2.24, 2.45) is 0 Å². The molecule has 2 bridgehead atoms. The third kappa shape index (κ3) is 5.01. The highest BCUT2D eigenvalue weighted by molar-refractivity contribution is 6.36. The molecule has 2 aromatic carbocycles. The zero-order chi connectivity index (χ0) is 30.7. The summed E-state index contributed by atoms with van der Waals surface area (Å²) in [5, 5.41) is 8.93. The molecule has 0 saturated carbocycles. The Morgan fingerprint density at radius 2 is 1.96 bits per heavy atom. The minimum absolute atomic E-state index is 0.132. The first-order chi connectivity index (χ1) is 21.9. The average Bonchev–Trinajstić information content (AvgIpc) is 3.70. The first kappa shape index (κ1) is 28.7. The van der Waals surface area contributed by atoms with Crippen LogP contribution in [-0.4, -0.2) is 89.5 Å². The number of alkyl carbamates (subject to hydrolysis) is 1. The number of benzene rings is 2. The SMILES string of the molecule is CNC(=O)O[C@@H]1CN2CCC[C@]2(COc2nc(N3C[C@H]4CC[C@@H](C3)N4)c3cnc(-c4cccc5cccc(Cl)c45)c(F)c3n2)C1. The van der Waals surface area contributed by atoms with Crippen molar-refractivity contribution in [1.82, 2.24) is 30.5 Å². The zero-order valence-electron chi connectivity index (χ0n) is 25.1. The number of anilines is 1. The highest BCUT2D eigenvalue weighted by Crippen LogP contribution is 2.41. The fraction of sp³-hybridized carbons (Fsp3) is 0.455. The van der Waals surface area contributed by atoms with Crippen LogP contribution >= 0.6 is 11.6 Å². The molecule has 2 N–H and O–H groups in total. The van der Waals surface area contributed by atoms with Gasteiger partial charge in [0, 0.05) is 67.4 Å². The summed E-state index contributed by atoms with van der Waals surface area (Å²) in [6.45, 7) is 3.40. The fourth-order valence-electron chi connectivity index (χ4n) is 7.93. The molecule has 4 aliphatic rings. The summed E-state index contributed by atoms with van der Waals surface area (Å²) in [6, 6.07) is 12.1. The maximum Gasteiger partial charge on any atom is 0.407 e. The number of hydrogen-bond acceptors (Lipinski definition) is 9. The number of halogens is 2. The molecule has 4 atom stereocenters. The molecule has 234 valence electrons. The van der Waals surface area contributed by atoms with Crippen LogP contribution in [0.25, 0.3) is 32.9 Å². The van der Waals surface area contributed by atoms with Crippen LogP contribution in [0, 0.1) is 5.82 Å².